The molecule has 3 heterocycles. The maximum Gasteiger partial charge on any atom is 0.219 e. The van der Waals surface area contributed by atoms with Crippen LogP contribution >= 0.6 is 12.2 Å². The van der Waals surface area contributed by atoms with Gasteiger partial charge in [-0.2, -0.15) is 0 Å². The van der Waals surface area contributed by atoms with E-state index in [0.717, 1.165) is 25.9 Å². The third-order valence-electron chi connectivity index (χ3n) is 4.99. The molecule has 2 aromatic heterocycles. The van der Waals surface area contributed by atoms with Crippen molar-refractivity contribution in [2.75, 3.05) is 18.8 Å². The molecule has 0 radical (unpaired) electrons. The second kappa shape index (κ2) is 9.86. The van der Waals surface area contributed by atoms with E-state index in [9.17, 15) is 13.2 Å². The van der Waals surface area contributed by atoms with Crippen molar-refractivity contribution in [3.63, 3.8) is 0 Å². The maximum atomic E-state index is 12.0. The van der Waals surface area contributed by atoms with Crippen molar-refractivity contribution < 1.29 is 17.6 Å². The van der Waals surface area contributed by atoms with Crippen LogP contribution in [-0.2, 0) is 28.0 Å². The maximum absolute atomic E-state index is 12.0. The summed E-state index contributed by atoms with van der Waals surface area (Å²) in [6.07, 6.45) is 3.76. The molecule has 1 aliphatic heterocycles. The van der Waals surface area contributed by atoms with Gasteiger partial charge < -0.3 is 10.2 Å². The van der Waals surface area contributed by atoms with Crippen molar-refractivity contribution in [2.24, 2.45) is 5.73 Å². The third-order valence-corrected chi connectivity index (χ3v) is 7.06. The van der Waals surface area contributed by atoms with Crippen LogP contribution in [-0.4, -0.2) is 58.5 Å². The molecule has 0 aromatic carbocycles. The van der Waals surface area contributed by atoms with E-state index in [1.54, 1.807) is 27.6 Å². The third kappa shape index (κ3) is 5.78. The molecule has 12 heteroatoms. The lowest BCUT2D eigenvalue weighted by Crippen LogP contribution is -2.45. The molecule has 1 aliphatic rings. The number of rotatable bonds is 10. The Morgan fingerprint density at radius 1 is 1.40 bits per heavy atom. The number of piperidine rings is 1. The molecule has 30 heavy (non-hydrogen) atoms. The average molecular weight is 457 g/mol. The summed E-state index contributed by atoms with van der Waals surface area (Å²) < 4.78 is 36.2. The Kier molecular flexibility index (Phi) is 7.45. The predicted octanol–water partition coefficient (Wildman–Crippen LogP) is 1.30. The molecule has 10 nitrogen and oxygen atoms in total. The largest absolute Gasteiger partial charge is 0.461 e. The van der Waals surface area contributed by atoms with Gasteiger partial charge in [-0.25, -0.2) is 17.8 Å². The highest BCUT2D eigenvalue weighted by Crippen LogP contribution is 2.20. The normalized spacial score (nSPS) is 16.2. The topological polar surface area (TPSA) is 128 Å². The number of nitrogens with two attached hydrogens (primary N) is 1. The van der Waals surface area contributed by atoms with Crippen LogP contribution in [0.1, 0.15) is 32.6 Å². The molecular weight excluding hydrogens is 428 g/mol. The van der Waals surface area contributed by atoms with E-state index < -0.39 is 15.9 Å². The molecule has 1 fully saturated rings. The van der Waals surface area contributed by atoms with Crippen molar-refractivity contribution >= 4 is 28.1 Å². The van der Waals surface area contributed by atoms with E-state index in [2.05, 4.69) is 14.7 Å². The fourth-order valence-corrected chi connectivity index (χ4v) is 5.18. The van der Waals surface area contributed by atoms with Gasteiger partial charge in [0.15, 0.2) is 16.4 Å². The Hall–Kier alpha value is -2.02. The number of carbonyl (C=O) groups excluding carboxylic acids is 1. The molecule has 0 saturated carbocycles. The summed E-state index contributed by atoms with van der Waals surface area (Å²) in [5, 5.41) is 4.60. The zero-order valence-corrected chi connectivity index (χ0v) is 18.6. The zero-order valence-electron chi connectivity index (χ0n) is 17.0. The van der Waals surface area contributed by atoms with Gasteiger partial charge in [-0.05, 0) is 43.6 Å². The summed E-state index contributed by atoms with van der Waals surface area (Å²) in [6, 6.07) is 3.51. The first-order valence-corrected chi connectivity index (χ1v) is 12.1. The summed E-state index contributed by atoms with van der Waals surface area (Å²) in [4.78, 5) is 13.4. The minimum atomic E-state index is -3.21. The van der Waals surface area contributed by atoms with Gasteiger partial charge in [0.1, 0.15) is 0 Å². The average Bonchev–Trinajstić information content (AvgIpc) is 3.30. The lowest BCUT2D eigenvalue weighted by Gasteiger charge is -2.31. The zero-order chi connectivity index (χ0) is 21.7. The smallest absolute Gasteiger partial charge is 0.219 e. The van der Waals surface area contributed by atoms with E-state index in [1.807, 2.05) is 6.92 Å². The SMILES string of the molecule is CCCS(=O)(=O)NC1CCN(Cn2nc(-c3ccco3)n(CCC(N)=O)c2=S)CC1. The highest BCUT2D eigenvalue weighted by atomic mass is 32.2. The van der Waals surface area contributed by atoms with Crippen LogP contribution in [0.25, 0.3) is 11.6 Å². The fourth-order valence-electron chi connectivity index (χ4n) is 3.51. The number of amides is 1. The number of primary amides is 1. The summed E-state index contributed by atoms with van der Waals surface area (Å²) in [5.41, 5.74) is 5.30. The van der Waals surface area contributed by atoms with Crippen LogP contribution in [0.15, 0.2) is 22.8 Å². The lowest BCUT2D eigenvalue weighted by atomic mass is 10.1. The molecule has 0 bridgehead atoms. The molecule has 3 rings (SSSR count). The number of nitrogens with zero attached hydrogens (tertiary/aromatic N) is 4. The van der Waals surface area contributed by atoms with E-state index in [-0.39, 0.29) is 18.2 Å². The number of carbonyl (C=O) groups is 1. The van der Waals surface area contributed by atoms with E-state index in [0.29, 0.717) is 36.0 Å². The van der Waals surface area contributed by atoms with Crippen LogP contribution in [0, 0.1) is 4.77 Å². The summed E-state index contributed by atoms with van der Waals surface area (Å²) in [5.74, 6) is 0.852. The highest BCUT2D eigenvalue weighted by molar-refractivity contribution is 7.89. The van der Waals surface area contributed by atoms with Crippen molar-refractivity contribution in [1.29, 1.82) is 0 Å². The molecule has 0 aliphatic carbocycles. The number of hydrogen-bond donors (Lipinski definition) is 2. The molecule has 0 unspecified atom stereocenters. The second-order valence-corrected chi connectivity index (χ2v) is 9.66. The Balaban J connectivity index is 1.68. The van der Waals surface area contributed by atoms with Crippen LogP contribution in [0.5, 0.6) is 0 Å². The number of nitrogens with one attached hydrogen (secondary N) is 1. The highest BCUT2D eigenvalue weighted by Gasteiger charge is 2.24. The predicted molar refractivity (Wildman–Crippen MR) is 114 cm³/mol. The molecule has 2 aromatic rings. The first-order valence-electron chi connectivity index (χ1n) is 10.0. The molecule has 1 saturated heterocycles. The Bertz CT molecular complexity index is 1000. The van der Waals surface area contributed by atoms with Gasteiger partial charge in [-0.3, -0.25) is 14.3 Å². The Morgan fingerprint density at radius 2 is 2.13 bits per heavy atom. The van der Waals surface area contributed by atoms with Crippen LogP contribution in [0.3, 0.4) is 0 Å². The van der Waals surface area contributed by atoms with Gasteiger partial charge in [0.05, 0.1) is 18.7 Å². The summed E-state index contributed by atoms with van der Waals surface area (Å²) >= 11 is 5.58. The second-order valence-electron chi connectivity index (χ2n) is 7.42. The number of hydrogen-bond acceptors (Lipinski definition) is 7. The van der Waals surface area contributed by atoms with Gasteiger partial charge in [0, 0.05) is 32.1 Å². The minimum Gasteiger partial charge on any atom is -0.461 e. The van der Waals surface area contributed by atoms with Crippen molar-refractivity contribution in [3.8, 4) is 11.6 Å². The van der Waals surface area contributed by atoms with E-state index in [1.165, 1.54) is 0 Å². The number of likely N-dealkylation sites (tertiary alicyclic amines) is 1. The first kappa shape index (κ1) is 22.7. The van der Waals surface area contributed by atoms with Crippen molar-refractivity contribution in [1.82, 2.24) is 24.0 Å². The molecule has 166 valence electrons. The molecule has 0 atom stereocenters. The Morgan fingerprint density at radius 3 is 2.73 bits per heavy atom. The first-order chi connectivity index (χ1) is 14.3. The standard InChI is InChI=1S/C18H28N6O4S2/c1-2-12-30(26,27)21-14-5-8-22(9-6-14)13-24-18(29)23(10-7-16(19)25)17(20-24)15-4-3-11-28-15/h3-4,11,14,21H,2,5-10,12-13H2,1H3,(H2,19,25). The molecule has 0 spiro atoms. The van der Waals surface area contributed by atoms with Gasteiger partial charge in [-0.1, -0.05) is 6.92 Å². The molecule has 3 N–H and O–H groups in total. The van der Waals surface area contributed by atoms with Gasteiger partial charge in [-0.15, -0.1) is 5.10 Å². The Labute approximate surface area is 181 Å². The number of sulfonamides is 1. The monoisotopic (exact) mass is 456 g/mol. The van der Waals surface area contributed by atoms with Crippen LogP contribution in [0.2, 0.25) is 0 Å². The number of furan rings is 1. The van der Waals surface area contributed by atoms with E-state index >= 15 is 0 Å². The summed E-state index contributed by atoms with van der Waals surface area (Å²) in [7, 11) is -3.21. The summed E-state index contributed by atoms with van der Waals surface area (Å²) in [6.45, 7) is 4.11. The van der Waals surface area contributed by atoms with Crippen molar-refractivity contribution in [2.45, 2.75) is 51.9 Å². The van der Waals surface area contributed by atoms with Crippen LogP contribution in [0.4, 0.5) is 0 Å². The molecular formula is C18H28N6O4S2. The van der Waals surface area contributed by atoms with Gasteiger partial charge >= 0.3 is 0 Å². The van der Waals surface area contributed by atoms with Gasteiger partial charge in [0.2, 0.25) is 15.9 Å². The van der Waals surface area contributed by atoms with Crippen molar-refractivity contribution in [3.05, 3.63) is 23.2 Å². The van der Waals surface area contributed by atoms with Crippen LogP contribution < -0.4 is 10.5 Å². The number of aromatic nitrogens is 3. The molecule has 1 amide bonds. The lowest BCUT2D eigenvalue weighted by molar-refractivity contribution is -0.118. The quantitative estimate of drug-likeness (QED) is 0.516. The minimum absolute atomic E-state index is 0.0439. The van der Waals surface area contributed by atoms with E-state index in [4.69, 9.17) is 22.4 Å². The fraction of sp³-hybridized carbons (Fsp3) is 0.611. The van der Waals surface area contributed by atoms with Gasteiger partial charge in [0.25, 0.3) is 0 Å².